The van der Waals surface area contributed by atoms with Crippen molar-refractivity contribution in [2.45, 2.75) is 6.54 Å². The van der Waals surface area contributed by atoms with Crippen LogP contribution in [0.5, 0.6) is 0 Å². The van der Waals surface area contributed by atoms with E-state index in [0.717, 1.165) is 11.5 Å². The number of aromatic nitrogens is 3. The number of aliphatic imine (C=N–C) groups is 1. The van der Waals surface area contributed by atoms with E-state index in [-0.39, 0.29) is 49.0 Å². The number of pyridine rings is 1. The molecule has 0 aromatic carbocycles. The molecule has 134 valence electrons. The Balaban J connectivity index is 0.00000225. The van der Waals surface area contributed by atoms with Crippen molar-refractivity contribution in [2.24, 2.45) is 4.99 Å². The summed E-state index contributed by atoms with van der Waals surface area (Å²) in [5, 5.41) is 16.9. The average molecular weight is 458 g/mol. The molecule has 0 atom stereocenters. The number of carbonyl (C=O) groups excluding carboxylic acids is 2. The van der Waals surface area contributed by atoms with E-state index in [9.17, 15) is 9.59 Å². The molecular formula is C14H19IN8O2. The molecule has 0 aliphatic carbocycles. The zero-order valence-corrected chi connectivity index (χ0v) is 15.9. The summed E-state index contributed by atoms with van der Waals surface area (Å²) in [5.74, 6) is 1.08. The Morgan fingerprint density at radius 1 is 1.32 bits per heavy atom. The third-order valence-electron chi connectivity index (χ3n) is 3.59. The molecule has 0 radical (unpaired) electrons. The molecule has 11 heteroatoms. The second kappa shape index (κ2) is 8.60. The predicted octanol–water partition coefficient (Wildman–Crippen LogP) is -0.436. The second-order valence-electron chi connectivity index (χ2n) is 5.10. The molecule has 1 aliphatic heterocycles. The van der Waals surface area contributed by atoms with Crippen LogP contribution >= 0.6 is 24.0 Å². The van der Waals surface area contributed by atoms with Gasteiger partial charge in [-0.25, -0.2) is 4.79 Å². The van der Waals surface area contributed by atoms with Gasteiger partial charge in [0.25, 0.3) is 0 Å². The summed E-state index contributed by atoms with van der Waals surface area (Å²) in [6.45, 7) is 1.18. The lowest BCUT2D eigenvalue weighted by atomic mass is 10.4. The first-order valence-electron chi connectivity index (χ1n) is 7.50. The van der Waals surface area contributed by atoms with E-state index < -0.39 is 0 Å². The van der Waals surface area contributed by atoms with Crippen molar-refractivity contribution in [3.63, 3.8) is 0 Å². The fourth-order valence-corrected chi connectivity index (χ4v) is 2.36. The monoisotopic (exact) mass is 458 g/mol. The topological polar surface area (TPSA) is 116 Å². The summed E-state index contributed by atoms with van der Waals surface area (Å²) in [6, 6.07) is 5.32. The maximum Gasteiger partial charge on any atom is 0.324 e. The molecule has 0 bridgehead atoms. The van der Waals surface area contributed by atoms with Crippen LogP contribution in [0.3, 0.4) is 0 Å². The molecule has 0 saturated carbocycles. The molecule has 1 fully saturated rings. The highest BCUT2D eigenvalue weighted by molar-refractivity contribution is 14.0. The number of halogens is 1. The highest BCUT2D eigenvalue weighted by Gasteiger charge is 2.27. The number of fused-ring (bicyclic) bond motifs is 1. The first kappa shape index (κ1) is 18.9. The van der Waals surface area contributed by atoms with Gasteiger partial charge in [0.15, 0.2) is 17.4 Å². The van der Waals surface area contributed by atoms with Crippen LogP contribution in [0.1, 0.15) is 5.82 Å². The first-order chi connectivity index (χ1) is 11.7. The molecule has 0 spiro atoms. The molecule has 2 aromatic rings. The van der Waals surface area contributed by atoms with Crippen molar-refractivity contribution in [3.05, 3.63) is 30.2 Å². The number of hydrogen-bond donors (Lipinski definition) is 3. The van der Waals surface area contributed by atoms with Gasteiger partial charge >= 0.3 is 6.03 Å². The summed E-state index contributed by atoms with van der Waals surface area (Å²) >= 11 is 0. The summed E-state index contributed by atoms with van der Waals surface area (Å²) in [4.78, 5) is 28.2. The maximum atomic E-state index is 11.5. The van der Waals surface area contributed by atoms with E-state index in [4.69, 9.17) is 0 Å². The van der Waals surface area contributed by atoms with Gasteiger partial charge in [-0.05, 0) is 12.1 Å². The maximum absolute atomic E-state index is 11.5. The van der Waals surface area contributed by atoms with Crippen LogP contribution in [-0.2, 0) is 11.3 Å². The lowest BCUT2D eigenvalue weighted by molar-refractivity contribution is -0.124. The third kappa shape index (κ3) is 4.35. The van der Waals surface area contributed by atoms with Gasteiger partial charge in [-0.15, -0.1) is 34.2 Å². The smallest absolute Gasteiger partial charge is 0.324 e. The van der Waals surface area contributed by atoms with Crippen molar-refractivity contribution >= 4 is 47.5 Å². The fraction of sp³-hybridized carbons (Fsp3) is 0.357. The van der Waals surface area contributed by atoms with Crippen molar-refractivity contribution in [1.82, 2.24) is 35.4 Å². The van der Waals surface area contributed by atoms with Crippen LogP contribution in [0.4, 0.5) is 4.79 Å². The zero-order valence-electron chi connectivity index (χ0n) is 13.6. The minimum absolute atomic E-state index is 0. The highest BCUT2D eigenvalue weighted by Crippen LogP contribution is 2.02. The normalized spacial score (nSPS) is 14.4. The molecule has 3 N–H and O–H groups in total. The SMILES string of the molecule is CN=C(NCCN1C(=O)CNC1=O)NCc1nnc2ccccn12.I. The lowest BCUT2D eigenvalue weighted by Crippen LogP contribution is -2.43. The number of urea groups is 1. The molecule has 3 amide bonds. The third-order valence-corrected chi connectivity index (χ3v) is 3.59. The molecule has 3 heterocycles. The largest absolute Gasteiger partial charge is 0.355 e. The number of imide groups is 1. The van der Waals surface area contributed by atoms with Crippen LogP contribution in [0.25, 0.3) is 5.65 Å². The van der Waals surface area contributed by atoms with E-state index in [1.807, 2.05) is 28.8 Å². The number of hydrogen-bond acceptors (Lipinski definition) is 5. The average Bonchev–Trinajstić information content (AvgIpc) is 3.15. The van der Waals surface area contributed by atoms with E-state index in [1.54, 1.807) is 7.05 Å². The highest BCUT2D eigenvalue weighted by atomic mass is 127. The second-order valence-corrected chi connectivity index (χ2v) is 5.10. The molecule has 1 saturated heterocycles. The van der Waals surface area contributed by atoms with Crippen molar-refractivity contribution < 1.29 is 9.59 Å². The Bertz CT molecular complexity index is 774. The van der Waals surface area contributed by atoms with E-state index in [2.05, 4.69) is 31.1 Å². The van der Waals surface area contributed by atoms with Crippen molar-refractivity contribution in [3.8, 4) is 0 Å². The predicted molar refractivity (Wildman–Crippen MR) is 102 cm³/mol. The van der Waals surface area contributed by atoms with Gasteiger partial charge in [0.1, 0.15) is 0 Å². The molecule has 25 heavy (non-hydrogen) atoms. The number of amides is 3. The molecular weight excluding hydrogens is 439 g/mol. The van der Waals surface area contributed by atoms with Crippen LogP contribution in [0, 0.1) is 0 Å². The fourth-order valence-electron chi connectivity index (χ4n) is 2.36. The molecule has 10 nitrogen and oxygen atoms in total. The summed E-state index contributed by atoms with van der Waals surface area (Å²) < 4.78 is 1.88. The van der Waals surface area contributed by atoms with Crippen molar-refractivity contribution in [1.29, 1.82) is 0 Å². The van der Waals surface area contributed by atoms with Gasteiger partial charge in [0, 0.05) is 26.3 Å². The minimum atomic E-state index is -0.361. The van der Waals surface area contributed by atoms with Crippen LogP contribution in [0.2, 0.25) is 0 Å². The zero-order chi connectivity index (χ0) is 16.9. The number of guanidine groups is 1. The van der Waals surface area contributed by atoms with Crippen LogP contribution in [-0.4, -0.2) is 64.1 Å². The Morgan fingerprint density at radius 3 is 2.88 bits per heavy atom. The minimum Gasteiger partial charge on any atom is -0.355 e. The van der Waals surface area contributed by atoms with Gasteiger partial charge in [0.05, 0.1) is 13.1 Å². The van der Waals surface area contributed by atoms with Crippen LogP contribution in [0.15, 0.2) is 29.4 Å². The standard InChI is InChI=1S/C14H18N8O2.HI/c1-15-13(16-5-7-22-12(23)9-18-14(22)24)17-8-11-20-19-10-4-2-3-6-21(10)11;/h2-4,6H,5,7-9H2,1H3,(H,18,24)(H2,15,16,17);1H. The Morgan fingerprint density at radius 2 is 2.16 bits per heavy atom. The molecule has 0 unspecified atom stereocenters. The number of nitrogens with zero attached hydrogens (tertiary/aromatic N) is 5. The lowest BCUT2D eigenvalue weighted by Gasteiger charge is -2.15. The number of carbonyl (C=O) groups is 2. The van der Waals surface area contributed by atoms with Crippen molar-refractivity contribution in [2.75, 3.05) is 26.7 Å². The van der Waals surface area contributed by atoms with Gasteiger partial charge in [-0.3, -0.25) is 19.1 Å². The van der Waals surface area contributed by atoms with E-state index >= 15 is 0 Å². The quantitative estimate of drug-likeness (QED) is 0.242. The summed E-state index contributed by atoms with van der Waals surface area (Å²) in [5.41, 5.74) is 0.774. The van der Waals surface area contributed by atoms with E-state index in [0.29, 0.717) is 19.0 Å². The number of nitrogens with one attached hydrogen (secondary N) is 3. The Labute approximate surface area is 161 Å². The summed E-state index contributed by atoms with van der Waals surface area (Å²) in [7, 11) is 1.64. The van der Waals surface area contributed by atoms with Crippen LogP contribution < -0.4 is 16.0 Å². The molecule has 3 rings (SSSR count). The van der Waals surface area contributed by atoms with Gasteiger partial charge < -0.3 is 16.0 Å². The molecule has 1 aliphatic rings. The Hall–Kier alpha value is -2.44. The molecule has 2 aromatic heterocycles. The van der Waals surface area contributed by atoms with Gasteiger partial charge in [0.2, 0.25) is 5.91 Å². The van der Waals surface area contributed by atoms with Gasteiger partial charge in [-0.1, -0.05) is 6.07 Å². The summed E-state index contributed by atoms with van der Waals surface area (Å²) in [6.07, 6.45) is 1.89. The number of rotatable bonds is 5. The Kier molecular flexibility index (Phi) is 6.50. The first-order valence-corrected chi connectivity index (χ1v) is 7.50. The van der Waals surface area contributed by atoms with Gasteiger partial charge in [-0.2, -0.15) is 0 Å². The van der Waals surface area contributed by atoms with E-state index in [1.165, 1.54) is 4.90 Å².